The molecule has 9 heteroatoms. The Morgan fingerprint density at radius 3 is 2.38 bits per heavy atom. The van der Waals surface area contributed by atoms with E-state index in [2.05, 4.69) is 19.2 Å². The summed E-state index contributed by atoms with van der Waals surface area (Å²) < 4.78 is 46.4. The van der Waals surface area contributed by atoms with Crippen molar-refractivity contribution in [3.8, 4) is 5.75 Å². The maximum absolute atomic E-state index is 14.1. The summed E-state index contributed by atoms with van der Waals surface area (Å²) in [7, 11) is -2.14. The minimum Gasteiger partial charge on any atom is -0.497 e. The van der Waals surface area contributed by atoms with Crippen LogP contribution in [0.25, 0.3) is 0 Å². The summed E-state index contributed by atoms with van der Waals surface area (Å²) in [5.41, 5.74) is 0.977. The van der Waals surface area contributed by atoms with Crippen molar-refractivity contribution in [3.63, 3.8) is 0 Å². The Morgan fingerprint density at radius 1 is 1.18 bits per heavy atom. The zero-order chi connectivity index (χ0) is 24.9. The van der Waals surface area contributed by atoms with Gasteiger partial charge in [0.15, 0.2) is 0 Å². The van der Waals surface area contributed by atoms with Gasteiger partial charge in [-0.3, -0.25) is 4.79 Å². The Labute approximate surface area is 206 Å². The van der Waals surface area contributed by atoms with Crippen LogP contribution in [0.4, 0.5) is 4.39 Å². The molecule has 186 valence electrons. The third-order valence-corrected chi connectivity index (χ3v) is 8.31. The zero-order valence-electron chi connectivity index (χ0n) is 19.8. The fourth-order valence-corrected chi connectivity index (χ4v) is 6.13. The highest BCUT2D eigenvalue weighted by Gasteiger charge is 2.33. The van der Waals surface area contributed by atoms with Gasteiger partial charge in [-0.1, -0.05) is 43.6 Å². The second-order valence-electron chi connectivity index (χ2n) is 9.09. The third kappa shape index (κ3) is 6.71. The summed E-state index contributed by atoms with van der Waals surface area (Å²) >= 11 is 6.01. The van der Waals surface area contributed by atoms with E-state index < -0.39 is 21.6 Å². The molecule has 0 bridgehead atoms. The van der Waals surface area contributed by atoms with Gasteiger partial charge in [0.2, 0.25) is 15.9 Å². The molecule has 1 heterocycles. The number of carbonyl (C=O) groups is 1. The van der Waals surface area contributed by atoms with Crippen LogP contribution >= 0.6 is 11.6 Å². The van der Waals surface area contributed by atoms with E-state index in [1.165, 1.54) is 22.5 Å². The van der Waals surface area contributed by atoms with Crippen molar-refractivity contribution in [1.82, 2.24) is 9.62 Å². The minimum atomic E-state index is -3.75. The fraction of sp³-hybridized carbons (Fsp3) is 0.480. The minimum absolute atomic E-state index is 0.0277. The number of benzene rings is 2. The Bertz CT molecular complexity index is 1060. The summed E-state index contributed by atoms with van der Waals surface area (Å²) in [4.78, 5) is 13.1. The van der Waals surface area contributed by atoms with Crippen LogP contribution in [0.3, 0.4) is 0 Å². The van der Waals surface area contributed by atoms with Gasteiger partial charge < -0.3 is 10.1 Å². The second-order valence-corrected chi connectivity index (χ2v) is 11.5. The van der Waals surface area contributed by atoms with Crippen LogP contribution < -0.4 is 10.1 Å². The number of halogens is 2. The van der Waals surface area contributed by atoms with Gasteiger partial charge >= 0.3 is 0 Å². The first-order valence-electron chi connectivity index (χ1n) is 11.5. The number of amides is 1. The van der Waals surface area contributed by atoms with E-state index in [9.17, 15) is 17.6 Å². The number of ether oxygens (including phenoxy) is 1. The summed E-state index contributed by atoms with van der Waals surface area (Å²) in [5, 5.41) is 3.26. The molecule has 0 aromatic heterocycles. The third-order valence-electron chi connectivity index (χ3n) is 6.15. The van der Waals surface area contributed by atoms with Gasteiger partial charge in [-0.25, -0.2) is 17.1 Å². The average Bonchev–Trinajstić information content (AvgIpc) is 2.81. The molecule has 6 nitrogen and oxygen atoms in total. The quantitative estimate of drug-likeness (QED) is 0.519. The van der Waals surface area contributed by atoms with Crippen molar-refractivity contribution < 1.29 is 22.3 Å². The number of carbonyl (C=O) groups excluding carboxylic acids is 1. The van der Waals surface area contributed by atoms with E-state index in [0.717, 1.165) is 17.7 Å². The number of piperidine rings is 1. The highest BCUT2D eigenvalue weighted by atomic mass is 35.5. The summed E-state index contributed by atoms with van der Waals surface area (Å²) in [6.07, 6.45) is 1.61. The van der Waals surface area contributed by atoms with Gasteiger partial charge in [0.05, 0.1) is 18.9 Å². The first-order valence-corrected chi connectivity index (χ1v) is 13.4. The number of methoxy groups -OCH3 is 1. The van der Waals surface area contributed by atoms with Gasteiger partial charge in [0.1, 0.15) is 11.6 Å². The normalized spacial score (nSPS) is 16.4. The number of nitrogens with zero attached hydrogens (tertiary/aromatic N) is 1. The second kappa shape index (κ2) is 11.5. The fourth-order valence-electron chi connectivity index (χ4n) is 4.22. The van der Waals surface area contributed by atoms with E-state index >= 15 is 0 Å². The summed E-state index contributed by atoms with van der Waals surface area (Å²) in [6, 6.07) is 11.6. The number of rotatable bonds is 9. The van der Waals surface area contributed by atoms with E-state index in [4.69, 9.17) is 16.3 Å². The largest absolute Gasteiger partial charge is 0.497 e. The molecule has 1 saturated heterocycles. The first-order chi connectivity index (χ1) is 16.1. The molecule has 34 heavy (non-hydrogen) atoms. The van der Waals surface area contributed by atoms with E-state index in [-0.39, 0.29) is 41.5 Å². The van der Waals surface area contributed by atoms with Crippen LogP contribution in [0.2, 0.25) is 5.02 Å². The smallest absolute Gasteiger partial charge is 0.223 e. The average molecular weight is 511 g/mol. The van der Waals surface area contributed by atoms with Crippen LogP contribution in [-0.2, 0) is 20.6 Å². The van der Waals surface area contributed by atoms with Crippen molar-refractivity contribution in [2.75, 3.05) is 20.2 Å². The van der Waals surface area contributed by atoms with Crippen LogP contribution in [0.5, 0.6) is 5.75 Å². The van der Waals surface area contributed by atoms with Crippen LogP contribution in [-0.4, -0.2) is 38.8 Å². The molecule has 2 aromatic carbocycles. The molecule has 0 unspecified atom stereocenters. The summed E-state index contributed by atoms with van der Waals surface area (Å²) in [6.45, 7) is 4.63. The van der Waals surface area contributed by atoms with E-state index in [1.807, 2.05) is 24.3 Å². The number of hydrogen-bond acceptors (Lipinski definition) is 4. The van der Waals surface area contributed by atoms with Crippen molar-refractivity contribution >= 4 is 27.5 Å². The van der Waals surface area contributed by atoms with Crippen LogP contribution in [0.15, 0.2) is 42.5 Å². The Hall–Kier alpha value is -2.16. The lowest BCUT2D eigenvalue weighted by atomic mass is 9.93. The predicted octanol–water partition coefficient (Wildman–Crippen LogP) is 4.93. The maximum atomic E-state index is 14.1. The van der Waals surface area contributed by atoms with Crippen molar-refractivity contribution in [3.05, 3.63) is 64.4 Å². The molecular formula is C25H32ClFN2O4S. The number of nitrogens with one attached hydrogen (secondary N) is 1. The topological polar surface area (TPSA) is 75.7 Å². The molecule has 1 aliphatic heterocycles. The van der Waals surface area contributed by atoms with Crippen molar-refractivity contribution in [2.24, 2.45) is 11.8 Å². The maximum Gasteiger partial charge on any atom is 0.223 e. The van der Waals surface area contributed by atoms with Crippen LogP contribution in [0, 0.1) is 17.7 Å². The monoisotopic (exact) mass is 510 g/mol. The van der Waals surface area contributed by atoms with Gasteiger partial charge in [-0.2, -0.15) is 0 Å². The SMILES string of the molecule is COc1ccc([C@@H](CC(C)C)NC(=O)C2CCN(S(=O)(=O)Cc3c(F)cccc3Cl)CC2)cc1. The van der Waals surface area contributed by atoms with Crippen LogP contribution in [0.1, 0.15) is 50.3 Å². The summed E-state index contributed by atoms with van der Waals surface area (Å²) in [5.74, 6) is -0.357. The molecule has 1 fully saturated rings. The van der Waals surface area contributed by atoms with Crippen molar-refractivity contribution in [2.45, 2.75) is 44.9 Å². The van der Waals surface area contributed by atoms with Crippen molar-refractivity contribution in [1.29, 1.82) is 0 Å². The predicted molar refractivity (Wildman–Crippen MR) is 132 cm³/mol. The Kier molecular flexibility index (Phi) is 8.95. The Balaban J connectivity index is 1.62. The number of hydrogen-bond donors (Lipinski definition) is 1. The highest BCUT2D eigenvalue weighted by molar-refractivity contribution is 7.88. The van der Waals surface area contributed by atoms with Gasteiger partial charge in [-0.15, -0.1) is 0 Å². The molecular weight excluding hydrogens is 479 g/mol. The zero-order valence-corrected chi connectivity index (χ0v) is 21.3. The first kappa shape index (κ1) is 26.4. The molecule has 1 aliphatic rings. The lowest BCUT2D eigenvalue weighted by molar-refractivity contribution is -0.127. The lowest BCUT2D eigenvalue weighted by Gasteiger charge is -2.32. The molecule has 1 atom stereocenters. The standard InChI is InChI=1S/C25H32ClFN2O4S/c1-17(2)15-24(18-7-9-20(33-3)10-8-18)28-25(30)19-11-13-29(14-12-19)34(31,32)16-21-22(26)5-4-6-23(21)27/h4-10,17,19,24H,11-16H2,1-3H3,(H,28,30)/t24-/m1/s1. The van der Waals surface area contributed by atoms with Gasteiger partial charge in [0.25, 0.3) is 0 Å². The molecule has 1 amide bonds. The molecule has 1 N–H and O–H groups in total. The Morgan fingerprint density at radius 2 is 1.82 bits per heavy atom. The van der Waals surface area contributed by atoms with Gasteiger partial charge in [0, 0.05) is 29.6 Å². The van der Waals surface area contributed by atoms with Gasteiger partial charge in [-0.05, 0) is 55.0 Å². The highest BCUT2D eigenvalue weighted by Crippen LogP contribution is 2.28. The molecule has 3 rings (SSSR count). The molecule has 2 aromatic rings. The van der Waals surface area contributed by atoms with E-state index in [0.29, 0.717) is 18.8 Å². The van der Waals surface area contributed by atoms with E-state index in [1.54, 1.807) is 7.11 Å². The molecule has 0 spiro atoms. The molecule has 0 radical (unpaired) electrons. The lowest BCUT2D eigenvalue weighted by Crippen LogP contribution is -2.44. The molecule has 0 aliphatic carbocycles. The number of sulfonamides is 1. The molecule has 0 saturated carbocycles.